The van der Waals surface area contributed by atoms with E-state index in [4.69, 9.17) is 0 Å². The molecular formula is C18H18N2O4. The molecule has 2 aromatic rings. The zero-order valence-corrected chi connectivity index (χ0v) is 13.1. The van der Waals surface area contributed by atoms with E-state index < -0.39 is 17.9 Å². The molecule has 1 amide bonds. The van der Waals surface area contributed by atoms with Gasteiger partial charge in [-0.1, -0.05) is 18.2 Å². The van der Waals surface area contributed by atoms with E-state index in [0.717, 1.165) is 5.39 Å². The van der Waals surface area contributed by atoms with Crippen LogP contribution in [0.15, 0.2) is 36.5 Å². The lowest BCUT2D eigenvalue weighted by Crippen LogP contribution is -2.47. The Labute approximate surface area is 138 Å². The molecule has 0 saturated heterocycles. The standard InChI is InChI=1S/C18H18N2O4/c21-13-7-1-5-12(10-13)16(18(23)24)20-17(22)14-8-2-4-11-6-3-9-19-15(11)14/h2-4,6,8-9,12,16H,1,5,7,10H2,(H,20,22)(H,23,24)/t12-,16-/m1/s1. The Balaban J connectivity index is 1.85. The van der Waals surface area contributed by atoms with Crippen molar-refractivity contribution in [2.75, 3.05) is 0 Å². The minimum Gasteiger partial charge on any atom is -0.480 e. The fraction of sp³-hybridized carbons (Fsp3) is 0.333. The van der Waals surface area contributed by atoms with Gasteiger partial charge >= 0.3 is 5.97 Å². The van der Waals surface area contributed by atoms with Crippen molar-refractivity contribution in [2.45, 2.75) is 31.7 Å². The number of ketones is 1. The van der Waals surface area contributed by atoms with E-state index in [9.17, 15) is 19.5 Å². The third-order valence-corrected chi connectivity index (χ3v) is 4.42. The topological polar surface area (TPSA) is 96.4 Å². The van der Waals surface area contributed by atoms with Crippen LogP contribution in [-0.4, -0.2) is 33.8 Å². The van der Waals surface area contributed by atoms with Crippen molar-refractivity contribution in [1.82, 2.24) is 10.3 Å². The van der Waals surface area contributed by atoms with Crippen LogP contribution in [0.3, 0.4) is 0 Å². The van der Waals surface area contributed by atoms with Gasteiger partial charge in [0.15, 0.2) is 0 Å². The van der Waals surface area contributed by atoms with E-state index in [-0.39, 0.29) is 18.1 Å². The van der Waals surface area contributed by atoms with Crippen molar-refractivity contribution >= 4 is 28.6 Å². The van der Waals surface area contributed by atoms with Crippen LogP contribution in [-0.2, 0) is 9.59 Å². The fourth-order valence-corrected chi connectivity index (χ4v) is 3.23. The summed E-state index contributed by atoms with van der Waals surface area (Å²) in [6.07, 6.45) is 3.57. The summed E-state index contributed by atoms with van der Waals surface area (Å²) in [6, 6.07) is 7.74. The number of nitrogens with one attached hydrogen (secondary N) is 1. The molecule has 1 aromatic carbocycles. The molecular weight excluding hydrogens is 308 g/mol. The third kappa shape index (κ3) is 3.27. The Morgan fingerprint density at radius 2 is 2.04 bits per heavy atom. The molecule has 1 aliphatic carbocycles. The highest BCUT2D eigenvalue weighted by atomic mass is 16.4. The Morgan fingerprint density at radius 1 is 1.25 bits per heavy atom. The summed E-state index contributed by atoms with van der Waals surface area (Å²) in [7, 11) is 0. The van der Waals surface area contributed by atoms with Gasteiger partial charge in [0, 0.05) is 24.4 Å². The average Bonchev–Trinajstić information content (AvgIpc) is 2.58. The quantitative estimate of drug-likeness (QED) is 0.897. The van der Waals surface area contributed by atoms with Gasteiger partial charge in [0.1, 0.15) is 11.8 Å². The lowest BCUT2D eigenvalue weighted by atomic mass is 9.83. The molecule has 1 aliphatic rings. The maximum Gasteiger partial charge on any atom is 0.326 e. The molecule has 24 heavy (non-hydrogen) atoms. The lowest BCUT2D eigenvalue weighted by molar-refractivity contribution is -0.141. The van der Waals surface area contributed by atoms with Gasteiger partial charge < -0.3 is 10.4 Å². The molecule has 1 saturated carbocycles. The van der Waals surface area contributed by atoms with Crippen LogP contribution in [0.25, 0.3) is 10.9 Å². The van der Waals surface area contributed by atoms with Gasteiger partial charge in [0.05, 0.1) is 11.1 Å². The van der Waals surface area contributed by atoms with Crippen LogP contribution >= 0.6 is 0 Å². The van der Waals surface area contributed by atoms with Crippen LogP contribution in [0.4, 0.5) is 0 Å². The number of carboxylic acid groups (broad SMARTS) is 1. The van der Waals surface area contributed by atoms with E-state index in [1.807, 2.05) is 12.1 Å². The first-order valence-electron chi connectivity index (χ1n) is 7.95. The number of carbonyl (C=O) groups is 3. The highest BCUT2D eigenvalue weighted by Gasteiger charge is 2.33. The summed E-state index contributed by atoms with van der Waals surface area (Å²) in [5, 5.41) is 12.9. The van der Waals surface area contributed by atoms with E-state index >= 15 is 0 Å². The smallest absolute Gasteiger partial charge is 0.326 e. The number of aliphatic carboxylic acids is 1. The summed E-state index contributed by atoms with van der Waals surface area (Å²) in [6.45, 7) is 0. The molecule has 0 bridgehead atoms. The van der Waals surface area contributed by atoms with E-state index in [1.54, 1.807) is 24.4 Å². The molecule has 2 N–H and O–H groups in total. The van der Waals surface area contributed by atoms with Gasteiger partial charge in [-0.2, -0.15) is 0 Å². The second-order valence-corrected chi connectivity index (χ2v) is 6.07. The highest BCUT2D eigenvalue weighted by molar-refractivity contribution is 6.06. The number of carbonyl (C=O) groups excluding carboxylic acids is 2. The van der Waals surface area contributed by atoms with E-state index in [0.29, 0.717) is 30.3 Å². The zero-order chi connectivity index (χ0) is 17.1. The normalized spacial score (nSPS) is 19.0. The van der Waals surface area contributed by atoms with Crippen molar-refractivity contribution in [1.29, 1.82) is 0 Å². The number of fused-ring (bicyclic) bond motifs is 1. The molecule has 2 atom stereocenters. The molecule has 6 heteroatoms. The maximum absolute atomic E-state index is 12.6. The summed E-state index contributed by atoms with van der Waals surface area (Å²) < 4.78 is 0. The minimum absolute atomic E-state index is 0.0542. The SMILES string of the molecule is O=C1CCC[C@@H]([C@@H](NC(=O)c2cccc3cccnc23)C(=O)O)C1. The van der Waals surface area contributed by atoms with Crippen molar-refractivity contribution in [3.63, 3.8) is 0 Å². The molecule has 1 heterocycles. The van der Waals surface area contributed by atoms with Gasteiger partial charge in [-0.05, 0) is 30.9 Å². The third-order valence-electron chi connectivity index (χ3n) is 4.42. The van der Waals surface area contributed by atoms with Crippen LogP contribution in [0, 0.1) is 5.92 Å². The molecule has 1 aromatic heterocycles. The summed E-state index contributed by atoms with van der Waals surface area (Å²) in [4.78, 5) is 40.0. The number of pyridine rings is 1. The largest absolute Gasteiger partial charge is 0.480 e. The predicted molar refractivity (Wildman–Crippen MR) is 87.6 cm³/mol. The Bertz CT molecular complexity index is 797. The first-order valence-corrected chi connectivity index (χ1v) is 7.95. The summed E-state index contributed by atoms with van der Waals surface area (Å²) in [5.74, 6) is -1.91. The van der Waals surface area contributed by atoms with Gasteiger partial charge in [-0.3, -0.25) is 14.6 Å². The number of aromatic nitrogens is 1. The van der Waals surface area contributed by atoms with Gasteiger partial charge in [-0.15, -0.1) is 0 Å². The molecule has 0 radical (unpaired) electrons. The fourth-order valence-electron chi connectivity index (χ4n) is 3.23. The van der Waals surface area contributed by atoms with Crippen LogP contribution < -0.4 is 5.32 Å². The number of nitrogens with zero attached hydrogens (tertiary/aromatic N) is 1. The number of para-hydroxylation sites is 1. The summed E-state index contributed by atoms with van der Waals surface area (Å²) >= 11 is 0. The maximum atomic E-state index is 12.6. The van der Waals surface area contributed by atoms with Crippen LogP contribution in [0.2, 0.25) is 0 Å². The first-order chi connectivity index (χ1) is 11.6. The van der Waals surface area contributed by atoms with Crippen LogP contribution in [0.1, 0.15) is 36.0 Å². The van der Waals surface area contributed by atoms with E-state index in [1.165, 1.54) is 0 Å². The number of rotatable bonds is 4. The first kappa shape index (κ1) is 16.1. The molecule has 0 spiro atoms. The lowest BCUT2D eigenvalue weighted by Gasteiger charge is -2.27. The van der Waals surface area contributed by atoms with Crippen LogP contribution in [0.5, 0.6) is 0 Å². The number of hydrogen-bond donors (Lipinski definition) is 2. The second kappa shape index (κ2) is 6.78. The number of Topliss-reactive ketones (excluding diaryl/α,β-unsaturated/α-hetero) is 1. The molecule has 0 unspecified atom stereocenters. The number of carboxylic acids is 1. The van der Waals surface area contributed by atoms with Crippen molar-refractivity contribution < 1.29 is 19.5 Å². The Hall–Kier alpha value is -2.76. The molecule has 1 fully saturated rings. The zero-order valence-electron chi connectivity index (χ0n) is 13.1. The molecule has 3 rings (SSSR count). The minimum atomic E-state index is -1.11. The highest BCUT2D eigenvalue weighted by Crippen LogP contribution is 2.25. The molecule has 124 valence electrons. The van der Waals surface area contributed by atoms with Crippen molar-refractivity contribution in [3.8, 4) is 0 Å². The number of benzene rings is 1. The number of amides is 1. The summed E-state index contributed by atoms with van der Waals surface area (Å²) in [5.41, 5.74) is 0.864. The number of hydrogen-bond acceptors (Lipinski definition) is 4. The van der Waals surface area contributed by atoms with Crippen molar-refractivity contribution in [3.05, 3.63) is 42.1 Å². The van der Waals surface area contributed by atoms with Gasteiger partial charge in [-0.25, -0.2) is 4.79 Å². The van der Waals surface area contributed by atoms with Crippen molar-refractivity contribution in [2.24, 2.45) is 5.92 Å². The van der Waals surface area contributed by atoms with Gasteiger partial charge in [0.25, 0.3) is 5.91 Å². The monoisotopic (exact) mass is 326 g/mol. The predicted octanol–water partition coefficient (Wildman–Crippen LogP) is 2.18. The average molecular weight is 326 g/mol. The van der Waals surface area contributed by atoms with Gasteiger partial charge in [0.2, 0.25) is 0 Å². The molecule has 6 nitrogen and oxygen atoms in total. The van der Waals surface area contributed by atoms with E-state index in [2.05, 4.69) is 10.3 Å². The Morgan fingerprint density at radius 3 is 2.79 bits per heavy atom. The Kier molecular flexibility index (Phi) is 4.55. The second-order valence-electron chi connectivity index (χ2n) is 6.07. The molecule has 0 aliphatic heterocycles.